The van der Waals surface area contributed by atoms with Crippen LogP contribution in [0.4, 0.5) is 0 Å². The number of fused-ring (bicyclic) bond motifs is 1. The molecule has 192 valence electrons. The lowest BCUT2D eigenvalue weighted by molar-refractivity contribution is -0.143. The first-order valence-electron chi connectivity index (χ1n) is 11.7. The topological polar surface area (TPSA) is 113 Å². The molecule has 0 aliphatic rings. The normalized spacial score (nSPS) is 12.0. The SMILES string of the molecule is COC(=O)[C@@H](NSc1ccc(-c2cccc(CNC(=O)c3nc4scc(C)c4c(=O)[nH]3)c2)cc1)C(C)C. The van der Waals surface area contributed by atoms with Gasteiger partial charge in [0, 0.05) is 11.4 Å². The molecule has 0 saturated carbocycles. The number of aryl methyl sites for hydroxylation is 1. The molecule has 4 aromatic rings. The number of carbonyl (C=O) groups is 2. The maximum atomic E-state index is 12.6. The Balaban J connectivity index is 1.40. The summed E-state index contributed by atoms with van der Waals surface area (Å²) in [6.45, 7) is 6.07. The van der Waals surface area contributed by atoms with Crippen molar-refractivity contribution in [2.75, 3.05) is 7.11 Å². The van der Waals surface area contributed by atoms with E-state index in [-0.39, 0.29) is 23.3 Å². The van der Waals surface area contributed by atoms with Gasteiger partial charge in [-0.25, -0.2) is 9.71 Å². The molecule has 2 heterocycles. The van der Waals surface area contributed by atoms with E-state index >= 15 is 0 Å². The molecule has 4 rings (SSSR count). The van der Waals surface area contributed by atoms with E-state index in [9.17, 15) is 14.4 Å². The highest BCUT2D eigenvalue weighted by Gasteiger charge is 2.22. The predicted molar refractivity (Wildman–Crippen MR) is 148 cm³/mol. The highest BCUT2D eigenvalue weighted by molar-refractivity contribution is 7.97. The number of hydrogen-bond acceptors (Lipinski definition) is 8. The third-order valence-electron chi connectivity index (χ3n) is 5.84. The quantitative estimate of drug-likeness (QED) is 0.210. The van der Waals surface area contributed by atoms with Crippen molar-refractivity contribution in [2.24, 2.45) is 5.92 Å². The zero-order chi connectivity index (χ0) is 26.5. The van der Waals surface area contributed by atoms with Crippen molar-refractivity contribution in [3.8, 4) is 11.1 Å². The smallest absolute Gasteiger partial charge is 0.323 e. The van der Waals surface area contributed by atoms with Crippen molar-refractivity contribution in [1.82, 2.24) is 20.0 Å². The van der Waals surface area contributed by atoms with E-state index < -0.39 is 11.9 Å². The molecule has 0 fully saturated rings. The molecule has 10 heteroatoms. The van der Waals surface area contributed by atoms with Gasteiger partial charge in [0.15, 0.2) is 0 Å². The van der Waals surface area contributed by atoms with E-state index in [0.29, 0.717) is 16.8 Å². The molecule has 2 aromatic heterocycles. The number of ether oxygens (including phenoxy) is 1. The van der Waals surface area contributed by atoms with Gasteiger partial charge in [0.05, 0.1) is 12.5 Å². The minimum atomic E-state index is -0.434. The highest BCUT2D eigenvalue weighted by Crippen LogP contribution is 2.25. The fraction of sp³-hybridized carbons (Fsp3) is 0.259. The molecule has 0 aliphatic carbocycles. The first kappa shape index (κ1) is 26.6. The molecular formula is C27H28N4O4S2. The maximum absolute atomic E-state index is 12.6. The molecule has 0 saturated heterocycles. The average molecular weight is 537 g/mol. The first-order valence-corrected chi connectivity index (χ1v) is 13.4. The van der Waals surface area contributed by atoms with Gasteiger partial charge >= 0.3 is 5.97 Å². The van der Waals surface area contributed by atoms with Crippen LogP contribution in [0.2, 0.25) is 0 Å². The van der Waals surface area contributed by atoms with E-state index in [1.165, 1.54) is 30.4 Å². The monoisotopic (exact) mass is 536 g/mol. The molecule has 3 N–H and O–H groups in total. The third-order valence-corrected chi connectivity index (χ3v) is 7.71. The molecule has 0 spiro atoms. The summed E-state index contributed by atoms with van der Waals surface area (Å²) in [6, 6.07) is 15.5. The molecule has 8 nitrogen and oxygen atoms in total. The number of aromatic nitrogens is 2. The van der Waals surface area contributed by atoms with Crippen LogP contribution in [0.15, 0.2) is 63.6 Å². The molecule has 0 radical (unpaired) electrons. The van der Waals surface area contributed by atoms with Gasteiger partial charge < -0.3 is 15.0 Å². The van der Waals surface area contributed by atoms with E-state index in [2.05, 4.69) is 20.0 Å². The largest absolute Gasteiger partial charge is 0.468 e. The zero-order valence-corrected chi connectivity index (χ0v) is 22.6. The fourth-order valence-corrected chi connectivity index (χ4v) is 5.58. The summed E-state index contributed by atoms with van der Waals surface area (Å²) in [5.41, 5.74) is 3.49. The summed E-state index contributed by atoms with van der Waals surface area (Å²) in [6.07, 6.45) is 0. The van der Waals surface area contributed by atoms with Gasteiger partial charge in [-0.2, -0.15) is 0 Å². The standard InChI is InChI=1S/C27H28N4O4S2/c1-15(2)22(27(34)35-4)31-37-20-10-8-18(9-11-20)19-7-5-6-17(12-19)13-28-25(33)23-29-24(32)21-16(3)14-36-26(21)30-23/h5-12,14-15,22,31H,13H2,1-4H3,(H,28,33)(H,29,30,32)/t22-/m0/s1. The van der Waals surface area contributed by atoms with Crippen molar-refractivity contribution in [2.45, 2.75) is 38.3 Å². The van der Waals surface area contributed by atoms with Crippen LogP contribution in [0.5, 0.6) is 0 Å². The number of esters is 1. The molecule has 0 unspecified atom stereocenters. The Hall–Kier alpha value is -3.47. The van der Waals surface area contributed by atoms with Gasteiger partial charge in [-0.05, 0) is 70.6 Å². The van der Waals surface area contributed by atoms with Crippen molar-refractivity contribution in [1.29, 1.82) is 0 Å². The van der Waals surface area contributed by atoms with Crippen molar-refractivity contribution in [3.63, 3.8) is 0 Å². The van der Waals surface area contributed by atoms with Crippen LogP contribution in [0.1, 0.15) is 35.6 Å². The van der Waals surface area contributed by atoms with Gasteiger partial charge in [-0.1, -0.05) is 44.2 Å². The first-order chi connectivity index (χ1) is 17.8. The summed E-state index contributed by atoms with van der Waals surface area (Å²) >= 11 is 2.74. The predicted octanol–water partition coefficient (Wildman–Crippen LogP) is 4.68. The van der Waals surface area contributed by atoms with Crippen LogP contribution < -0.4 is 15.6 Å². The summed E-state index contributed by atoms with van der Waals surface area (Å²) in [5, 5.41) is 5.22. The number of H-pyrrole nitrogens is 1. The Morgan fingerprint density at radius 3 is 2.59 bits per heavy atom. The average Bonchev–Trinajstić information content (AvgIpc) is 3.28. The minimum Gasteiger partial charge on any atom is -0.468 e. The molecule has 0 bridgehead atoms. The van der Waals surface area contributed by atoms with E-state index in [1.54, 1.807) is 0 Å². The Kier molecular flexibility index (Phi) is 8.42. The van der Waals surface area contributed by atoms with E-state index in [4.69, 9.17) is 4.74 Å². The third kappa shape index (κ3) is 6.27. The Morgan fingerprint density at radius 1 is 1.14 bits per heavy atom. The highest BCUT2D eigenvalue weighted by atomic mass is 32.2. The van der Waals surface area contributed by atoms with Crippen molar-refractivity contribution < 1.29 is 14.3 Å². The van der Waals surface area contributed by atoms with Crippen molar-refractivity contribution >= 4 is 45.4 Å². The Morgan fingerprint density at radius 2 is 1.89 bits per heavy atom. The summed E-state index contributed by atoms with van der Waals surface area (Å²) in [7, 11) is 1.39. The number of thiophene rings is 1. The number of rotatable bonds is 9. The number of hydrogen-bond donors (Lipinski definition) is 3. The molecule has 1 amide bonds. The number of amides is 1. The number of nitrogens with one attached hydrogen (secondary N) is 3. The maximum Gasteiger partial charge on any atom is 0.323 e. The Bertz CT molecular complexity index is 1480. The lowest BCUT2D eigenvalue weighted by atomic mass is 10.0. The summed E-state index contributed by atoms with van der Waals surface area (Å²) in [4.78, 5) is 45.4. The summed E-state index contributed by atoms with van der Waals surface area (Å²) in [5.74, 6) is -0.617. The second-order valence-electron chi connectivity index (χ2n) is 8.89. The lowest BCUT2D eigenvalue weighted by Gasteiger charge is -2.19. The minimum absolute atomic E-state index is 0.00380. The van der Waals surface area contributed by atoms with Crippen LogP contribution in [-0.4, -0.2) is 35.0 Å². The van der Waals surface area contributed by atoms with Gasteiger partial charge in [-0.3, -0.25) is 14.4 Å². The number of nitrogens with zero attached hydrogens (tertiary/aromatic N) is 1. The zero-order valence-electron chi connectivity index (χ0n) is 21.0. The lowest BCUT2D eigenvalue weighted by Crippen LogP contribution is -2.37. The number of aromatic amines is 1. The van der Waals surface area contributed by atoms with Crippen molar-refractivity contribution in [3.05, 3.63) is 81.2 Å². The number of carbonyl (C=O) groups excluding carboxylic acids is 2. The second kappa shape index (κ2) is 11.7. The summed E-state index contributed by atoms with van der Waals surface area (Å²) < 4.78 is 8.06. The fourth-order valence-electron chi connectivity index (χ4n) is 3.75. The molecular weight excluding hydrogens is 508 g/mol. The van der Waals surface area contributed by atoms with E-state index in [0.717, 1.165) is 27.1 Å². The second-order valence-corrected chi connectivity index (χ2v) is 10.7. The Labute approximate surface area is 223 Å². The molecule has 37 heavy (non-hydrogen) atoms. The van der Waals surface area contributed by atoms with Gasteiger partial charge in [0.1, 0.15) is 10.9 Å². The van der Waals surface area contributed by atoms with Gasteiger partial charge in [0.2, 0.25) is 5.82 Å². The molecule has 2 aromatic carbocycles. The van der Waals surface area contributed by atoms with Crippen LogP contribution in [0.3, 0.4) is 0 Å². The number of methoxy groups -OCH3 is 1. The van der Waals surface area contributed by atoms with Gasteiger partial charge in [-0.15, -0.1) is 11.3 Å². The van der Waals surface area contributed by atoms with Crippen LogP contribution in [0.25, 0.3) is 21.3 Å². The van der Waals surface area contributed by atoms with Crippen LogP contribution in [-0.2, 0) is 16.1 Å². The van der Waals surface area contributed by atoms with Gasteiger partial charge in [0.25, 0.3) is 11.5 Å². The van der Waals surface area contributed by atoms with Crippen LogP contribution in [0, 0.1) is 12.8 Å². The molecule has 1 atom stereocenters. The van der Waals surface area contributed by atoms with E-state index in [1.807, 2.05) is 74.7 Å². The molecule has 0 aliphatic heterocycles. The number of benzene rings is 2. The van der Waals surface area contributed by atoms with Crippen LogP contribution >= 0.6 is 23.3 Å².